The van der Waals surface area contributed by atoms with Gasteiger partial charge >= 0.3 is 0 Å². The van der Waals surface area contributed by atoms with E-state index in [-0.39, 0.29) is 18.0 Å². The summed E-state index contributed by atoms with van der Waals surface area (Å²) >= 11 is 0. The van der Waals surface area contributed by atoms with Crippen LogP contribution in [0.1, 0.15) is 12.6 Å². The molecule has 1 aromatic carbocycles. The summed E-state index contributed by atoms with van der Waals surface area (Å²) < 4.78 is 6.56. The van der Waals surface area contributed by atoms with E-state index in [1.165, 1.54) is 6.07 Å². The molecule has 0 aliphatic carbocycles. The third kappa shape index (κ3) is 4.78. The smallest absolute Gasteiger partial charge is 0.267 e. The van der Waals surface area contributed by atoms with Crippen LogP contribution in [0.25, 0.3) is 11.3 Å². The van der Waals surface area contributed by atoms with Crippen LogP contribution >= 0.6 is 0 Å². The Labute approximate surface area is 156 Å². The molecule has 1 N–H and O–H groups in total. The normalized spacial score (nSPS) is 10.4. The average Bonchev–Trinajstić information content (AvgIpc) is 2.64. The lowest BCUT2D eigenvalue weighted by Gasteiger charge is -2.09. The predicted octanol–water partition coefficient (Wildman–Crippen LogP) is 2.65. The van der Waals surface area contributed by atoms with Crippen molar-refractivity contribution in [2.45, 2.75) is 20.4 Å². The zero-order chi connectivity index (χ0) is 19.2. The first-order chi connectivity index (χ1) is 13.0. The Morgan fingerprint density at radius 3 is 2.59 bits per heavy atom. The van der Waals surface area contributed by atoms with Crippen molar-refractivity contribution < 1.29 is 9.53 Å². The quantitative estimate of drug-likeness (QED) is 0.727. The molecule has 3 rings (SSSR count). The van der Waals surface area contributed by atoms with E-state index in [1.807, 2.05) is 44.2 Å². The molecule has 0 saturated carbocycles. The molecule has 2 aromatic heterocycles. The number of amides is 1. The Kier molecular flexibility index (Phi) is 5.61. The topological polar surface area (TPSA) is 86.1 Å². The lowest BCUT2D eigenvalue weighted by atomic mass is 10.1. The lowest BCUT2D eigenvalue weighted by molar-refractivity contribution is -0.117. The Hall–Kier alpha value is -3.48. The van der Waals surface area contributed by atoms with Crippen molar-refractivity contribution in [3.63, 3.8) is 0 Å². The van der Waals surface area contributed by atoms with Gasteiger partial charge in [0.25, 0.3) is 5.56 Å². The molecule has 0 radical (unpaired) electrons. The summed E-state index contributed by atoms with van der Waals surface area (Å²) in [6, 6.07) is 15.8. The highest BCUT2D eigenvalue weighted by molar-refractivity contribution is 5.89. The van der Waals surface area contributed by atoms with Crippen LogP contribution in [0.15, 0.2) is 59.4 Å². The summed E-state index contributed by atoms with van der Waals surface area (Å²) in [5, 5.41) is 6.97. The first kappa shape index (κ1) is 18.3. The monoisotopic (exact) mass is 364 g/mol. The molecule has 0 spiro atoms. The average molecular weight is 364 g/mol. The van der Waals surface area contributed by atoms with Crippen LogP contribution in [0.5, 0.6) is 5.75 Å². The molecule has 0 bridgehead atoms. The third-order valence-electron chi connectivity index (χ3n) is 3.78. The van der Waals surface area contributed by atoms with Gasteiger partial charge in [-0.15, -0.1) is 0 Å². The molecule has 0 aliphatic rings. The lowest BCUT2D eigenvalue weighted by Crippen LogP contribution is -2.29. The van der Waals surface area contributed by atoms with E-state index in [1.54, 1.807) is 18.2 Å². The van der Waals surface area contributed by atoms with Crippen molar-refractivity contribution in [2.75, 3.05) is 11.9 Å². The van der Waals surface area contributed by atoms with E-state index in [0.717, 1.165) is 21.7 Å². The fourth-order valence-corrected chi connectivity index (χ4v) is 2.54. The number of hydrogen-bond acceptors (Lipinski definition) is 5. The molecule has 0 saturated heterocycles. The number of benzene rings is 1. The number of ether oxygens (including phenoxy) is 1. The van der Waals surface area contributed by atoms with Crippen LogP contribution in [-0.2, 0) is 11.3 Å². The summed E-state index contributed by atoms with van der Waals surface area (Å²) in [7, 11) is 0. The van der Waals surface area contributed by atoms with Gasteiger partial charge in [-0.05, 0) is 56.3 Å². The number of carbonyl (C=O) groups excluding carboxylic acids is 1. The molecule has 0 unspecified atom stereocenters. The van der Waals surface area contributed by atoms with Crippen LogP contribution in [-0.4, -0.2) is 27.3 Å². The number of rotatable bonds is 6. The summed E-state index contributed by atoms with van der Waals surface area (Å²) in [4.78, 5) is 28.5. The van der Waals surface area contributed by atoms with E-state index in [2.05, 4.69) is 15.4 Å². The van der Waals surface area contributed by atoms with Crippen LogP contribution in [0, 0.1) is 6.92 Å². The molecule has 1 amide bonds. The first-order valence-corrected chi connectivity index (χ1v) is 8.60. The summed E-state index contributed by atoms with van der Waals surface area (Å²) in [6.45, 7) is 4.15. The zero-order valence-corrected chi connectivity index (χ0v) is 15.2. The largest absolute Gasteiger partial charge is 0.494 e. The Balaban J connectivity index is 1.76. The number of carbonyl (C=O) groups is 1. The highest BCUT2D eigenvalue weighted by atomic mass is 16.5. The van der Waals surface area contributed by atoms with Gasteiger partial charge in [-0.1, -0.05) is 6.07 Å². The van der Waals surface area contributed by atoms with Gasteiger partial charge in [0.15, 0.2) is 0 Å². The van der Waals surface area contributed by atoms with Gasteiger partial charge in [-0.3, -0.25) is 9.59 Å². The van der Waals surface area contributed by atoms with Crippen molar-refractivity contribution in [1.29, 1.82) is 0 Å². The van der Waals surface area contributed by atoms with Gasteiger partial charge in [-0.2, -0.15) is 5.10 Å². The van der Waals surface area contributed by atoms with E-state index in [4.69, 9.17) is 4.74 Å². The summed E-state index contributed by atoms with van der Waals surface area (Å²) in [6.07, 6.45) is 0. The van der Waals surface area contributed by atoms with Gasteiger partial charge in [0.2, 0.25) is 5.91 Å². The number of anilines is 1. The highest BCUT2D eigenvalue weighted by Gasteiger charge is 2.09. The molecule has 0 fully saturated rings. The second kappa shape index (κ2) is 8.27. The van der Waals surface area contributed by atoms with E-state index in [0.29, 0.717) is 18.1 Å². The fraction of sp³-hybridized carbons (Fsp3) is 0.200. The number of hydrogen-bond donors (Lipinski definition) is 1. The molecule has 0 aliphatic heterocycles. The fourth-order valence-electron chi connectivity index (χ4n) is 2.54. The maximum absolute atomic E-state index is 12.2. The van der Waals surface area contributed by atoms with Crippen molar-refractivity contribution in [3.8, 4) is 17.0 Å². The van der Waals surface area contributed by atoms with E-state index < -0.39 is 0 Å². The number of aromatic nitrogens is 3. The molecule has 3 aromatic rings. The molecular formula is C20H20N4O3. The Morgan fingerprint density at radius 2 is 1.89 bits per heavy atom. The van der Waals surface area contributed by atoms with Crippen LogP contribution in [0.2, 0.25) is 0 Å². The van der Waals surface area contributed by atoms with Gasteiger partial charge in [0.1, 0.15) is 18.1 Å². The molecule has 0 atom stereocenters. The Morgan fingerprint density at radius 1 is 1.11 bits per heavy atom. The maximum Gasteiger partial charge on any atom is 0.267 e. The standard InChI is InChI=1S/C20H20N4O3/c1-3-27-16-9-7-15(8-10-16)17-11-12-20(26)24(23-17)13-19(25)22-18-6-4-5-14(2)21-18/h4-12H,3,13H2,1-2H3,(H,21,22,25). The molecule has 27 heavy (non-hydrogen) atoms. The summed E-state index contributed by atoms with van der Waals surface area (Å²) in [5.74, 6) is 0.835. The molecular weight excluding hydrogens is 344 g/mol. The summed E-state index contributed by atoms with van der Waals surface area (Å²) in [5.41, 5.74) is 1.87. The first-order valence-electron chi connectivity index (χ1n) is 8.60. The van der Waals surface area contributed by atoms with Crippen molar-refractivity contribution in [1.82, 2.24) is 14.8 Å². The Bertz CT molecular complexity index is 997. The molecule has 7 heteroatoms. The van der Waals surface area contributed by atoms with Crippen molar-refractivity contribution >= 4 is 11.7 Å². The van der Waals surface area contributed by atoms with Crippen LogP contribution in [0.3, 0.4) is 0 Å². The van der Waals surface area contributed by atoms with Gasteiger partial charge in [-0.25, -0.2) is 9.67 Å². The molecule has 7 nitrogen and oxygen atoms in total. The molecule has 138 valence electrons. The number of nitrogens with zero attached hydrogens (tertiary/aromatic N) is 3. The van der Waals surface area contributed by atoms with Gasteiger partial charge in [0, 0.05) is 17.3 Å². The minimum atomic E-state index is -0.369. The molecule has 2 heterocycles. The second-order valence-electron chi connectivity index (χ2n) is 5.88. The number of pyridine rings is 1. The van der Waals surface area contributed by atoms with Gasteiger partial charge < -0.3 is 10.1 Å². The highest BCUT2D eigenvalue weighted by Crippen LogP contribution is 2.19. The second-order valence-corrected chi connectivity index (χ2v) is 5.88. The predicted molar refractivity (Wildman–Crippen MR) is 103 cm³/mol. The minimum Gasteiger partial charge on any atom is -0.494 e. The SMILES string of the molecule is CCOc1ccc(-c2ccc(=O)n(CC(=O)Nc3cccc(C)n3)n2)cc1. The van der Waals surface area contributed by atoms with E-state index in [9.17, 15) is 9.59 Å². The number of nitrogens with one attached hydrogen (secondary N) is 1. The zero-order valence-electron chi connectivity index (χ0n) is 15.2. The van der Waals surface area contributed by atoms with Crippen LogP contribution in [0.4, 0.5) is 5.82 Å². The van der Waals surface area contributed by atoms with Crippen molar-refractivity contribution in [3.05, 3.63) is 70.6 Å². The maximum atomic E-state index is 12.2. The van der Waals surface area contributed by atoms with Crippen LogP contribution < -0.4 is 15.6 Å². The van der Waals surface area contributed by atoms with Crippen molar-refractivity contribution in [2.24, 2.45) is 0 Å². The van der Waals surface area contributed by atoms with E-state index >= 15 is 0 Å². The van der Waals surface area contributed by atoms with Gasteiger partial charge in [0.05, 0.1) is 12.3 Å². The minimum absolute atomic E-state index is 0.195. The third-order valence-corrected chi connectivity index (χ3v) is 3.78. The number of aryl methyl sites for hydroxylation is 1.